The molecule has 2 rings (SSSR count). The summed E-state index contributed by atoms with van der Waals surface area (Å²) in [7, 11) is 0. The van der Waals surface area contributed by atoms with Gasteiger partial charge in [-0.25, -0.2) is 0 Å². The molecule has 0 amide bonds. The highest BCUT2D eigenvalue weighted by molar-refractivity contribution is 5.84. The number of fused-ring (bicyclic) bond motifs is 1. The Balaban J connectivity index is 1.88. The Bertz CT molecular complexity index is 476. The second-order valence-electron chi connectivity index (χ2n) is 4.72. The third kappa shape index (κ3) is 3.54. The van der Waals surface area contributed by atoms with Gasteiger partial charge in [0.1, 0.15) is 0 Å². The highest BCUT2D eigenvalue weighted by Gasteiger charge is 2.01. The first kappa shape index (κ1) is 13.0. The van der Waals surface area contributed by atoms with Crippen molar-refractivity contribution in [3.05, 3.63) is 42.2 Å². The minimum atomic E-state index is 0.324. The number of hydrogen-bond acceptors (Lipinski definition) is 2. The summed E-state index contributed by atoms with van der Waals surface area (Å²) in [4.78, 5) is 4.50. The number of nitrogens with zero attached hydrogens (tertiary/aromatic N) is 1. The van der Waals surface area contributed by atoms with Crippen molar-refractivity contribution in [2.24, 2.45) is 0 Å². The molecule has 1 N–H and O–H groups in total. The van der Waals surface area contributed by atoms with E-state index >= 15 is 0 Å². The monoisotopic (exact) mass is 243 g/mol. The van der Waals surface area contributed by atoms with Crippen LogP contribution in [0.3, 0.4) is 0 Å². The molecule has 0 aliphatic rings. The van der Waals surface area contributed by atoms with Crippen LogP contribution in [-0.4, -0.2) is 16.7 Å². The molecule has 18 heavy (non-hydrogen) atoms. The molecule has 2 aromatic rings. The van der Waals surface area contributed by atoms with Gasteiger partial charge in [-0.1, -0.05) is 43.5 Å². The van der Waals surface area contributed by atoms with Crippen LogP contribution in [0.1, 0.15) is 37.8 Å². The van der Waals surface area contributed by atoms with Crippen LogP contribution in [0, 0.1) is 0 Å². The Morgan fingerprint density at radius 1 is 0.889 bits per heavy atom. The number of unbranched alkanes of at least 4 members (excludes halogenated alkanes) is 4. The molecule has 2 nitrogen and oxygen atoms in total. The van der Waals surface area contributed by atoms with Crippen LogP contribution in [0.25, 0.3) is 10.8 Å². The van der Waals surface area contributed by atoms with Gasteiger partial charge in [0, 0.05) is 23.9 Å². The normalized spacial score (nSPS) is 10.9. The lowest BCUT2D eigenvalue weighted by molar-refractivity contribution is 0.282. The van der Waals surface area contributed by atoms with Gasteiger partial charge in [0.05, 0.1) is 0 Å². The molecule has 1 aromatic heterocycles. The molecule has 0 unspecified atom stereocenters. The number of benzene rings is 1. The summed E-state index contributed by atoms with van der Waals surface area (Å²) in [6, 6.07) is 10.5. The van der Waals surface area contributed by atoms with Gasteiger partial charge in [-0.3, -0.25) is 4.98 Å². The zero-order chi connectivity index (χ0) is 12.6. The van der Waals surface area contributed by atoms with Crippen molar-refractivity contribution in [2.45, 2.75) is 38.5 Å². The number of rotatable bonds is 7. The number of aromatic nitrogens is 1. The van der Waals surface area contributed by atoms with Gasteiger partial charge < -0.3 is 5.11 Å². The van der Waals surface area contributed by atoms with E-state index in [2.05, 4.69) is 35.3 Å². The molecule has 0 saturated carbocycles. The molecule has 0 spiro atoms. The lowest BCUT2D eigenvalue weighted by Crippen LogP contribution is -1.92. The van der Waals surface area contributed by atoms with Gasteiger partial charge in [0.25, 0.3) is 0 Å². The number of aryl methyl sites for hydroxylation is 1. The maximum Gasteiger partial charge on any atom is 0.0481 e. The second kappa shape index (κ2) is 7.12. The summed E-state index contributed by atoms with van der Waals surface area (Å²) in [5, 5.41) is 11.3. The van der Waals surface area contributed by atoms with Gasteiger partial charge in [0.15, 0.2) is 0 Å². The van der Waals surface area contributed by atoms with E-state index in [-0.39, 0.29) is 0 Å². The van der Waals surface area contributed by atoms with E-state index in [1.165, 1.54) is 35.7 Å². The zero-order valence-electron chi connectivity index (χ0n) is 10.8. The third-order valence-electron chi connectivity index (χ3n) is 3.33. The highest BCUT2D eigenvalue weighted by Crippen LogP contribution is 2.18. The first-order valence-corrected chi connectivity index (χ1v) is 6.85. The molecule has 96 valence electrons. The topological polar surface area (TPSA) is 33.1 Å². The minimum Gasteiger partial charge on any atom is -0.396 e. The van der Waals surface area contributed by atoms with E-state index in [0.29, 0.717) is 6.61 Å². The fraction of sp³-hybridized carbons (Fsp3) is 0.438. The lowest BCUT2D eigenvalue weighted by atomic mass is 10.0. The summed E-state index contributed by atoms with van der Waals surface area (Å²) in [6.07, 6.45) is 8.67. The van der Waals surface area contributed by atoms with Crippen molar-refractivity contribution in [3.8, 4) is 0 Å². The zero-order valence-corrected chi connectivity index (χ0v) is 10.8. The molecule has 2 heteroatoms. The van der Waals surface area contributed by atoms with E-state index < -0.39 is 0 Å². The number of aliphatic hydroxyl groups is 1. The van der Waals surface area contributed by atoms with E-state index in [1.807, 2.05) is 6.20 Å². The average Bonchev–Trinajstić information content (AvgIpc) is 2.43. The van der Waals surface area contributed by atoms with Gasteiger partial charge in [-0.2, -0.15) is 0 Å². The van der Waals surface area contributed by atoms with Crippen molar-refractivity contribution in [1.82, 2.24) is 4.98 Å². The fourth-order valence-corrected chi connectivity index (χ4v) is 2.32. The highest BCUT2D eigenvalue weighted by atomic mass is 16.2. The summed E-state index contributed by atoms with van der Waals surface area (Å²) >= 11 is 0. The largest absolute Gasteiger partial charge is 0.396 e. The molecule has 0 aliphatic heterocycles. The number of pyridine rings is 1. The van der Waals surface area contributed by atoms with Crippen molar-refractivity contribution in [2.75, 3.05) is 6.61 Å². The molecule has 0 aliphatic carbocycles. The number of aliphatic hydroxyl groups excluding tert-OH is 1. The van der Waals surface area contributed by atoms with Crippen LogP contribution >= 0.6 is 0 Å². The molecule has 1 aromatic carbocycles. The summed E-state index contributed by atoms with van der Waals surface area (Å²) < 4.78 is 0. The van der Waals surface area contributed by atoms with Crippen molar-refractivity contribution >= 4 is 10.8 Å². The Hall–Kier alpha value is -1.41. The third-order valence-corrected chi connectivity index (χ3v) is 3.33. The Morgan fingerprint density at radius 2 is 1.67 bits per heavy atom. The van der Waals surface area contributed by atoms with E-state index in [4.69, 9.17) is 5.11 Å². The standard InChI is InChI=1S/C16H21NO/c18-13-7-3-1-2-4-10-16-15-9-6-5-8-14(15)11-12-17-16/h5-6,8-9,11-12,18H,1-4,7,10,13H2. The Morgan fingerprint density at radius 3 is 2.56 bits per heavy atom. The average molecular weight is 243 g/mol. The maximum atomic E-state index is 8.71. The minimum absolute atomic E-state index is 0.324. The van der Waals surface area contributed by atoms with E-state index in [0.717, 1.165) is 19.3 Å². The predicted molar refractivity (Wildman–Crippen MR) is 75.6 cm³/mol. The van der Waals surface area contributed by atoms with Gasteiger partial charge >= 0.3 is 0 Å². The van der Waals surface area contributed by atoms with Crippen molar-refractivity contribution in [3.63, 3.8) is 0 Å². The van der Waals surface area contributed by atoms with Crippen molar-refractivity contribution < 1.29 is 5.11 Å². The van der Waals surface area contributed by atoms with Crippen LogP contribution in [0.4, 0.5) is 0 Å². The van der Waals surface area contributed by atoms with Crippen LogP contribution in [0.5, 0.6) is 0 Å². The summed E-state index contributed by atoms with van der Waals surface area (Å²) in [5.41, 5.74) is 1.22. The molecule has 0 bridgehead atoms. The molecule has 0 saturated heterocycles. The van der Waals surface area contributed by atoms with Crippen LogP contribution in [0.15, 0.2) is 36.5 Å². The van der Waals surface area contributed by atoms with Crippen LogP contribution in [-0.2, 0) is 6.42 Å². The number of hydrogen-bond donors (Lipinski definition) is 1. The molecule has 0 radical (unpaired) electrons. The van der Waals surface area contributed by atoms with Gasteiger partial charge in [-0.15, -0.1) is 0 Å². The Kier molecular flexibility index (Phi) is 5.15. The lowest BCUT2D eigenvalue weighted by Gasteiger charge is -2.05. The molecule has 0 atom stereocenters. The summed E-state index contributed by atoms with van der Waals surface area (Å²) in [5.74, 6) is 0. The quantitative estimate of drug-likeness (QED) is 0.752. The smallest absolute Gasteiger partial charge is 0.0481 e. The van der Waals surface area contributed by atoms with Gasteiger partial charge in [-0.05, 0) is 30.7 Å². The second-order valence-corrected chi connectivity index (χ2v) is 4.72. The van der Waals surface area contributed by atoms with Crippen molar-refractivity contribution in [1.29, 1.82) is 0 Å². The fourth-order valence-electron chi connectivity index (χ4n) is 2.32. The Labute approximate surface area is 109 Å². The van der Waals surface area contributed by atoms with Gasteiger partial charge in [0.2, 0.25) is 0 Å². The van der Waals surface area contributed by atoms with Crippen LogP contribution < -0.4 is 0 Å². The molecule has 1 heterocycles. The molecule has 0 fully saturated rings. The summed E-state index contributed by atoms with van der Waals surface area (Å²) in [6.45, 7) is 0.324. The predicted octanol–water partition coefficient (Wildman–Crippen LogP) is 3.72. The van der Waals surface area contributed by atoms with Crippen LogP contribution in [0.2, 0.25) is 0 Å². The SMILES string of the molecule is OCCCCCCCc1nccc2ccccc12. The van der Waals surface area contributed by atoms with E-state index in [9.17, 15) is 0 Å². The first-order valence-electron chi connectivity index (χ1n) is 6.85. The van der Waals surface area contributed by atoms with E-state index in [1.54, 1.807) is 0 Å². The maximum absolute atomic E-state index is 8.71. The molecular weight excluding hydrogens is 222 g/mol. The first-order chi connectivity index (χ1) is 8.92. The molecular formula is C16H21NO.